The van der Waals surface area contributed by atoms with Crippen LogP contribution in [0.5, 0.6) is 0 Å². The van der Waals surface area contributed by atoms with Crippen molar-refractivity contribution in [1.82, 2.24) is 9.62 Å². The minimum Gasteiger partial charge on any atom is -0.398 e. The van der Waals surface area contributed by atoms with Crippen molar-refractivity contribution >= 4 is 21.6 Å². The van der Waals surface area contributed by atoms with Crippen molar-refractivity contribution in [3.8, 4) is 0 Å². The van der Waals surface area contributed by atoms with E-state index in [2.05, 4.69) is 5.32 Å². The maximum atomic E-state index is 13.4. The predicted molar refractivity (Wildman–Crippen MR) is 74.2 cm³/mol. The van der Waals surface area contributed by atoms with Gasteiger partial charge < -0.3 is 11.1 Å². The third-order valence-corrected chi connectivity index (χ3v) is 6.09. The number of piperidine rings is 1. The molecule has 2 fully saturated rings. The molecular weight excluding hydrogens is 297 g/mol. The molecule has 21 heavy (non-hydrogen) atoms. The molecule has 1 amide bonds. The first-order valence-corrected chi connectivity index (χ1v) is 8.20. The van der Waals surface area contributed by atoms with E-state index in [0.29, 0.717) is 19.4 Å². The summed E-state index contributed by atoms with van der Waals surface area (Å²) in [4.78, 5) is 11.5. The molecule has 6 nitrogen and oxygen atoms in total. The number of benzene rings is 1. The fraction of sp³-hybridized carbons (Fsp3) is 0.462. The summed E-state index contributed by atoms with van der Waals surface area (Å²) in [5.41, 5.74) is 5.70. The van der Waals surface area contributed by atoms with Gasteiger partial charge in [-0.05, 0) is 31.0 Å². The van der Waals surface area contributed by atoms with Gasteiger partial charge >= 0.3 is 0 Å². The average Bonchev–Trinajstić information content (AvgIpc) is 2.83. The first kappa shape index (κ1) is 14.3. The molecule has 1 aromatic carbocycles. The van der Waals surface area contributed by atoms with Crippen LogP contribution in [0.25, 0.3) is 0 Å². The van der Waals surface area contributed by atoms with Gasteiger partial charge in [-0.25, -0.2) is 12.8 Å². The third kappa shape index (κ3) is 2.28. The smallest absolute Gasteiger partial charge is 0.245 e. The van der Waals surface area contributed by atoms with E-state index in [1.807, 2.05) is 0 Å². The molecule has 0 saturated carbocycles. The van der Waals surface area contributed by atoms with Crippen LogP contribution in [-0.4, -0.2) is 37.8 Å². The number of halogens is 1. The van der Waals surface area contributed by atoms with E-state index in [-0.39, 0.29) is 29.0 Å². The molecule has 3 rings (SSSR count). The van der Waals surface area contributed by atoms with Gasteiger partial charge in [-0.1, -0.05) is 0 Å². The van der Waals surface area contributed by atoms with Crippen LogP contribution in [0.2, 0.25) is 0 Å². The van der Waals surface area contributed by atoms with Crippen molar-refractivity contribution in [2.24, 2.45) is 5.92 Å². The van der Waals surface area contributed by atoms with Crippen LogP contribution in [0.1, 0.15) is 12.8 Å². The number of nitrogens with one attached hydrogen (secondary N) is 1. The molecule has 0 bridgehead atoms. The number of hydrogen-bond donors (Lipinski definition) is 2. The summed E-state index contributed by atoms with van der Waals surface area (Å²) in [6, 6.07) is 2.87. The number of rotatable bonds is 2. The highest BCUT2D eigenvalue weighted by atomic mass is 32.2. The summed E-state index contributed by atoms with van der Waals surface area (Å²) >= 11 is 0. The van der Waals surface area contributed by atoms with Gasteiger partial charge in [0.15, 0.2) is 0 Å². The molecular formula is C13H16FN3O3S. The zero-order valence-electron chi connectivity index (χ0n) is 11.3. The molecule has 2 heterocycles. The Morgan fingerprint density at radius 3 is 2.90 bits per heavy atom. The van der Waals surface area contributed by atoms with Crippen LogP contribution in [0.4, 0.5) is 10.1 Å². The van der Waals surface area contributed by atoms with Gasteiger partial charge in [0.2, 0.25) is 15.9 Å². The van der Waals surface area contributed by atoms with E-state index in [9.17, 15) is 17.6 Å². The van der Waals surface area contributed by atoms with Gasteiger partial charge in [0, 0.05) is 13.1 Å². The zero-order valence-corrected chi connectivity index (χ0v) is 12.1. The highest BCUT2D eigenvalue weighted by molar-refractivity contribution is 7.89. The van der Waals surface area contributed by atoms with Crippen molar-refractivity contribution in [2.75, 3.05) is 18.8 Å². The van der Waals surface area contributed by atoms with E-state index < -0.39 is 21.9 Å². The molecule has 2 saturated heterocycles. The number of anilines is 1. The lowest BCUT2D eigenvalue weighted by atomic mass is 9.93. The van der Waals surface area contributed by atoms with Crippen LogP contribution in [0.15, 0.2) is 23.1 Å². The molecule has 8 heteroatoms. The van der Waals surface area contributed by atoms with Crippen molar-refractivity contribution < 1.29 is 17.6 Å². The standard InChI is InChI=1S/C13H16FN3O3S/c14-8-3-4-10(15)12(6-8)21(19,20)17-5-1-2-9-11(17)7-16-13(9)18/h3-4,6,9,11H,1-2,5,7,15H2,(H,16,18). The van der Waals surface area contributed by atoms with Gasteiger partial charge in [-0.2, -0.15) is 4.31 Å². The summed E-state index contributed by atoms with van der Waals surface area (Å²) < 4.78 is 40.2. The first-order valence-electron chi connectivity index (χ1n) is 6.76. The molecule has 0 spiro atoms. The van der Waals surface area contributed by atoms with E-state index >= 15 is 0 Å². The summed E-state index contributed by atoms with van der Waals surface area (Å²) in [5, 5.41) is 2.69. The molecule has 0 aromatic heterocycles. The van der Waals surface area contributed by atoms with Gasteiger partial charge in [0.05, 0.1) is 17.6 Å². The van der Waals surface area contributed by atoms with E-state index in [0.717, 1.165) is 12.1 Å². The normalized spacial score (nSPS) is 26.4. The number of amides is 1. The zero-order chi connectivity index (χ0) is 15.2. The Balaban J connectivity index is 2.01. The fourth-order valence-corrected chi connectivity index (χ4v) is 4.90. The largest absolute Gasteiger partial charge is 0.398 e. The summed E-state index contributed by atoms with van der Waals surface area (Å²) in [6.45, 7) is 0.604. The van der Waals surface area contributed by atoms with Crippen molar-refractivity contribution in [1.29, 1.82) is 0 Å². The maximum absolute atomic E-state index is 13.4. The highest BCUT2D eigenvalue weighted by Crippen LogP contribution is 2.33. The lowest BCUT2D eigenvalue weighted by molar-refractivity contribution is -0.123. The van der Waals surface area contributed by atoms with Crippen molar-refractivity contribution in [3.05, 3.63) is 24.0 Å². The third-order valence-electron chi connectivity index (χ3n) is 4.11. The quantitative estimate of drug-likeness (QED) is 0.769. The fourth-order valence-electron chi connectivity index (χ4n) is 3.07. The number of carbonyl (C=O) groups is 1. The minimum atomic E-state index is -3.92. The Labute approximate surface area is 122 Å². The Kier molecular flexibility index (Phi) is 3.37. The van der Waals surface area contributed by atoms with Crippen molar-refractivity contribution in [3.63, 3.8) is 0 Å². The molecule has 114 valence electrons. The number of nitrogen functional groups attached to an aromatic ring is 1. The van der Waals surface area contributed by atoms with Crippen LogP contribution in [-0.2, 0) is 14.8 Å². The number of nitrogens with zero attached hydrogens (tertiary/aromatic N) is 1. The first-order chi connectivity index (χ1) is 9.91. The minimum absolute atomic E-state index is 0.0100. The van der Waals surface area contributed by atoms with Gasteiger partial charge in [-0.3, -0.25) is 4.79 Å². The molecule has 0 radical (unpaired) electrons. The molecule has 2 unspecified atom stereocenters. The van der Waals surface area contributed by atoms with Crippen LogP contribution in [0, 0.1) is 11.7 Å². The molecule has 2 atom stereocenters. The van der Waals surface area contributed by atoms with Crippen LogP contribution in [0.3, 0.4) is 0 Å². The Hall–Kier alpha value is -1.67. The van der Waals surface area contributed by atoms with Crippen LogP contribution < -0.4 is 11.1 Å². The Morgan fingerprint density at radius 2 is 2.14 bits per heavy atom. The van der Waals surface area contributed by atoms with Gasteiger partial charge in [0.25, 0.3) is 0 Å². The Bertz CT molecular complexity index is 692. The van der Waals surface area contributed by atoms with E-state index in [4.69, 9.17) is 5.73 Å². The average molecular weight is 313 g/mol. The Morgan fingerprint density at radius 1 is 1.38 bits per heavy atom. The van der Waals surface area contributed by atoms with E-state index in [1.165, 1.54) is 10.4 Å². The second-order valence-electron chi connectivity index (χ2n) is 5.36. The number of carbonyl (C=O) groups excluding carboxylic acids is 1. The number of hydrogen-bond acceptors (Lipinski definition) is 4. The second kappa shape index (κ2) is 4.96. The lowest BCUT2D eigenvalue weighted by Gasteiger charge is -2.34. The SMILES string of the molecule is Nc1ccc(F)cc1S(=O)(=O)N1CCCC2C(=O)NCC21. The maximum Gasteiger partial charge on any atom is 0.245 e. The predicted octanol–water partition coefficient (Wildman–Crippen LogP) is 0.307. The van der Waals surface area contributed by atoms with Crippen molar-refractivity contribution in [2.45, 2.75) is 23.8 Å². The lowest BCUT2D eigenvalue weighted by Crippen LogP contribution is -2.48. The molecule has 2 aliphatic heterocycles. The summed E-state index contributed by atoms with van der Waals surface area (Å²) in [6.07, 6.45) is 1.27. The number of nitrogens with two attached hydrogens (primary N) is 1. The molecule has 0 aliphatic carbocycles. The second-order valence-corrected chi connectivity index (χ2v) is 7.22. The molecule has 1 aromatic rings. The highest BCUT2D eigenvalue weighted by Gasteiger charge is 2.46. The monoisotopic (exact) mass is 313 g/mol. The van der Waals surface area contributed by atoms with Gasteiger partial charge in [-0.15, -0.1) is 0 Å². The van der Waals surface area contributed by atoms with Crippen LogP contribution >= 0.6 is 0 Å². The summed E-state index contributed by atoms with van der Waals surface area (Å²) in [7, 11) is -3.92. The van der Waals surface area contributed by atoms with E-state index in [1.54, 1.807) is 0 Å². The summed E-state index contributed by atoms with van der Waals surface area (Å²) in [5.74, 6) is -1.10. The molecule has 3 N–H and O–H groups in total. The number of fused-ring (bicyclic) bond motifs is 1. The number of sulfonamides is 1. The molecule has 2 aliphatic rings. The van der Waals surface area contributed by atoms with Gasteiger partial charge in [0.1, 0.15) is 10.7 Å². The topological polar surface area (TPSA) is 92.5 Å².